The van der Waals surface area contributed by atoms with Gasteiger partial charge in [0.25, 0.3) is 0 Å². The molecular formula is C27H25N2O5S+. The lowest BCUT2D eigenvalue weighted by molar-refractivity contribution is 0.462. The minimum atomic E-state index is -4.40. The van der Waals surface area contributed by atoms with Gasteiger partial charge in [-0.1, -0.05) is 62.4 Å². The third kappa shape index (κ3) is 4.51. The molecule has 4 aromatic carbocycles. The van der Waals surface area contributed by atoms with Gasteiger partial charge in [-0.15, -0.1) is 0 Å². The van der Waals surface area contributed by atoms with Crippen LogP contribution in [0.25, 0.3) is 15.7 Å². The molecule has 0 saturated heterocycles. The summed E-state index contributed by atoms with van der Waals surface area (Å²) >= 11 is 0. The van der Waals surface area contributed by atoms with E-state index in [2.05, 4.69) is 4.98 Å². The van der Waals surface area contributed by atoms with Crippen molar-refractivity contribution in [2.45, 2.75) is 38.0 Å². The lowest BCUT2D eigenvalue weighted by Crippen LogP contribution is -2.13. The molecule has 0 heterocycles. The Morgan fingerprint density at radius 1 is 0.800 bits per heavy atom. The largest absolute Gasteiger partial charge is 0.507 e. The van der Waals surface area contributed by atoms with E-state index in [1.54, 1.807) is 36.4 Å². The van der Waals surface area contributed by atoms with E-state index >= 15 is 0 Å². The van der Waals surface area contributed by atoms with Crippen molar-refractivity contribution in [3.63, 3.8) is 0 Å². The number of aromatic hydroxyl groups is 2. The number of nitrogens with zero attached hydrogens (tertiary/aromatic N) is 2. The predicted octanol–water partition coefficient (Wildman–Crippen LogP) is 6.22. The number of hydrogen-bond acceptors (Lipinski definition) is 6. The van der Waals surface area contributed by atoms with Crippen molar-refractivity contribution in [2.75, 3.05) is 0 Å². The number of diazo groups is 1. The van der Waals surface area contributed by atoms with Crippen molar-refractivity contribution < 1.29 is 22.8 Å². The van der Waals surface area contributed by atoms with Crippen LogP contribution in [-0.4, -0.2) is 18.6 Å². The van der Waals surface area contributed by atoms with Crippen molar-refractivity contribution >= 4 is 26.6 Å². The van der Waals surface area contributed by atoms with Crippen LogP contribution < -0.4 is 4.18 Å². The third-order valence-corrected chi connectivity index (χ3v) is 7.32. The van der Waals surface area contributed by atoms with Crippen LogP contribution in [0.4, 0.5) is 5.69 Å². The number of para-hydroxylation sites is 2. The molecule has 0 atom stereocenters. The smallest absolute Gasteiger partial charge is 0.426 e. The number of fused-ring (bicyclic) bond motifs is 1. The fourth-order valence-corrected chi connectivity index (χ4v) is 5.43. The molecule has 178 valence electrons. The van der Waals surface area contributed by atoms with Crippen LogP contribution in [0.1, 0.15) is 36.1 Å². The Morgan fingerprint density at radius 3 is 2.11 bits per heavy atom. The van der Waals surface area contributed by atoms with Gasteiger partial charge < -0.3 is 14.4 Å². The van der Waals surface area contributed by atoms with E-state index in [0.717, 1.165) is 5.56 Å². The highest BCUT2D eigenvalue weighted by molar-refractivity contribution is 7.87. The number of benzene rings is 4. The average Bonchev–Trinajstić information content (AvgIpc) is 2.86. The molecule has 35 heavy (non-hydrogen) atoms. The number of aryl methyl sites for hydroxylation is 2. The van der Waals surface area contributed by atoms with Gasteiger partial charge in [-0.05, 0) is 47.1 Å². The van der Waals surface area contributed by atoms with E-state index in [1.807, 2.05) is 32.0 Å². The van der Waals surface area contributed by atoms with Crippen LogP contribution in [0.15, 0.2) is 71.6 Å². The Balaban J connectivity index is 1.84. The van der Waals surface area contributed by atoms with E-state index in [9.17, 15) is 24.0 Å². The van der Waals surface area contributed by atoms with Gasteiger partial charge in [0.1, 0.15) is 16.4 Å². The van der Waals surface area contributed by atoms with E-state index in [4.69, 9.17) is 4.18 Å². The molecule has 0 aliphatic heterocycles. The summed E-state index contributed by atoms with van der Waals surface area (Å²) in [7, 11) is -4.40. The summed E-state index contributed by atoms with van der Waals surface area (Å²) in [4.78, 5) is 2.78. The zero-order valence-electron chi connectivity index (χ0n) is 19.4. The standard InChI is InChI=1S/C27H24N2O5S/c1-3-17-8-5-11-20(25(17)30)16-21-12-6-9-18(4-2)27(21)34-35(32,33)23-13-7-10-19-14-15-22(29-28)26(31)24(19)23/h5-15H,3-4,16H2,1-2H3,(H-,30,31)/p+1. The normalized spacial score (nSPS) is 11.3. The molecule has 2 N–H and O–H groups in total. The zero-order valence-corrected chi connectivity index (χ0v) is 20.2. The molecule has 0 aliphatic carbocycles. The van der Waals surface area contributed by atoms with Crippen molar-refractivity contribution in [3.05, 3.63) is 94.0 Å². The highest BCUT2D eigenvalue weighted by atomic mass is 32.2. The number of phenolic OH excluding ortho intramolecular Hbond substituents is 2. The summed E-state index contributed by atoms with van der Waals surface area (Å²) in [6.07, 6.45) is 1.46. The predicted molar refractivity (Wildman–Crippen MR) is 134 cm³/mol. The van der Waals surface area contributed by atoms with Gasteiger partial charge in [0.2, 0.25) is 11.1 Å². The highest BCUT2D eigenvalue weighted by Gasteiger charge is 2.28. The molecule has 0 bridgehead atoms. The van der Waals surface area contributed by atoms with E-state index in [0.29, 0.717) is 34.9 Å². The van der Waals surface area contributed by atoms with Crippen molar-refractivity contribution in [3.8, 4) is 17.2 Å². The SMILES string of the molecule is CCc1cccc(Cc2cccc(CC)c2OS(=O)(=O)c2cccc3ccc([N+]#N)c(O)c23)c1O. The van der Waals surface area contributed by atoms with Crippen molar-refractivity contribution in [1.82, 2.24) is 0 Å². The zero-order chi connectivity index (χ0) is 25.2. The molecule has 0 aromatic heterocycles. The highest BCUT2D eigenvalue weighted by Crippen LogP contribution is 2.40. The van der Waals surface area contributed by atoms with Crippen LogP contribution in [0.5, 0.6) is 17.2 Å². The Morgan fingerprint density at radius 2 is 1.43 bits per heavy atom. The van der Waals surface area contributed by atoms with Gasteiger partial charge >= 0.3 is 15.8 Å². The Labute approximate surface area is 204 Å². The van der Waals surface area contributed by atoms with E-state index in [1.165, 1.54) is 12.1 Å². The number of phenols is 2. The first-order valence-electron chi connectivity index (χ1n) is 11.3. The average molecular weight is 490 g/mol. The Bertz CT molecular complexity index is 1570. The van der Waals surface area contributed by atoms with Gasteiger partial charge in [-0.25, -0.2) is 0 Å². The van der Waals surface area contributed by atoms with Gasteiger partial charge in [-0.3, -0.25) is 0 Å². The first-order chi connectivity index (χ1) is 16.8. The number of rotatable bonds is 7. The third-order valence-electron chi connectivity index (χ3n) is 6.05. The van der Waals surface area contributed by atoms with Gasteiger partial charge in [0, 0.05) is 18.1 Å². The molecule has 0 amide bonds. The molecule has 0 spiro atoms. The van der Waals surface area contributed by atoms with Gasteiger partial charge in [-0.2, -0.15) is 8.42 Å². The van der Waals surface area contributed by atoms with Crippen LogP contribution >= 0.6 is 0 Å². The molecule has 4 rings (SSSR count). The molecule has 8 heteroatoms. The lowest BCUT2D eigenvalue weighted by atomic mass is 9.97. The molecular weight excluding hydrogens is 464 g/mol. The fraction of sp³-hybridized carbons (Fsp3) is 0.185. The second-order valence-electron chi connectivity index (χ2n) is 8.14. The van der Waals surface area contributed by atoms with Crippen LogP contribution in [0.3, 0.4) is 0 Å². The Kier molecular flexibility index (Phi) is 6.63. The van der Waals surface area contributed by atoms with Gasteiger partial charge in [0.05, 0.1) is 5.39 Å². The maximum absolute atomic E-state index is 13.5. The van der Waals surface area contributed by atoms with Crippen LogP contribution in [0, 0.1) is 5.39 Å². The molecule has 0 saturated carbocycles. The second kappa shape index (κ2) is 9.65. The maximum atomic E-state index is 13.5. The summed E-state index contributed by atoms with van der Waals surface area (Å²) in [5, 5.41) is 30.9. The quantitative estimate of drug-likeness (QED) is 0.235. The van der Waals surface area contributed by atoms with E-state index < -0.39 is 15.9 Å². The summed E-state index contributed by atoms with van der Waals surface area (Å²) in [6.45, 7) is 3.85. The summed E-state index contributed by atoms with van der Waals surface area (Å²) < 4.78 is 32.8. The lowest BCUT2D eigenvalue weighted by Gasteiger charge is -2.17. The molecule has 7 nitrogen and oxygen atoms in total. The van der Waals surface area contributed by atoms with E-state index in [-0.39, 0.29) is 33.9 Å². The molecule has 0 aliphatic rings. The summed E-state index contributed by atoms with van der Waals surface area (Å²) in [5.41, 5.74) is 2.61. The minimum absolute atomic E-state index is 0.00613. The second-order valence-corrected chi connectivity index (χ2v) is 9.65. The maximum Gasteiger partial charge on any atom is 0.426 e. The summed E-state index contributed by atoms with van der Waals surface area (Å²) in [6, 6.07) is 18.4. The van der Waals surface area contributed by atoms with Crippen LogP contribution in [-0.2, 0) is 29.4 Å². The summed E-state index contributed by atoms with van der Waals surface area (Å²) in [5.74, 6) is -0.0844. The molecule has 4 aromatic rings. The molecule has 0 unspecified atom stereocenters. The Hall–Kier alpha value is -4.09. The van der Waals surface area contributed by atoms with Crippen LogP contribution in [0.2, 0.25) is 0 Å². The first-order valence-corrected chi connectivity index (χ1v) is 12.7. The molecule has 0 fully saturated rings. The van der Waals surface area contributed by atoms with Gasteiger partial charge in [0.15, 0.2) is 4.98 Å². The fourth-order valence-electron chi connectivity index (χ4n) is 4.20. The topological polar surface area (TPSA) is 112 Å². The first kappa shape index (κ1) is 24.0. The van der Waals surface area contributed by atoms with Crippen molar-refractivity contribution in [2.24, 2.45) is 0 Å². The monoisotopic (exact) mass is 489 g/mol. The molecule has 0 radical (unpaired) electrons. The van der Waals surface area contributed by atoms with Crippen molar-refractivity contribution in [1.29, 1.82) is 5.39 Å². The number of hydrogen-bond donors (Lipinski definition) is 2. The minimum Gasteiger partial charge on any atom is -0.507 e.